The lowest BCUT2D eigenvalue weighted by Gasteiger charge is -2.11. The summed E-state index contributed by atoms with van der Waals surface area (Å²) in [6.07, 6.45) is 2.43. The van der Waals surface area contributed by atoms with Gasteiger partial charge in [-0.25, -0.2) is 4.79 Å². The third-order valence-electron chi connectivity index (χ3n) is 3.68. The second-order valence-electron chi connectivity index (χ2n) is 5.09. The molecule has 0 saturated heterocycles. The van der Waals surface area contributed by atoms with Crippen LogP contribution in [0.2, 0.25) is 0 Å². The van der Waals surface area contributed by atoms with Crippen molar-refractivity contribution in [2.24, 2.45) is 0 Å². The van der Waals surface area contributed by atoms with E-state index in [4.69, 9.17) is 9.84 Å². The minimum Gasteiger partial charge on any atom is -0.488 e. The molecule has 0 fully saturated rings. The standard InChI is InChI=1S/C18H16O4/c19-9-3-6-15-14-5-2-1-4-13(14)11-22-17-8-7-12(18(20)21)10-16(15)17/h1-2,4-8,10,19H,3,9,11H2,(H,20,21)/b15-6-. The number of hydrogen-bond donors (Lipinski definition) is 2. The molecule has 0 bridgehead atoms. The van der Waals surface area contributed by atoms with E-state index in [0.29, 0.717) is 18.8 Å². The van der Waals surface area contributed by atoms with Crippen LogP contribution in [0.15, 0.2) is 48.5 Å². The van der Waals surface area contributed by atoms with Gasteiger partial charge in [0.15, 0.2) is 0 Å². The first-order valence-electron chi connectivity index (χ1n) is 7.10. The normalized spacial score (nSPS) is 14.7. The van der Waals surface area contributed by atoms with Gasteiger partial charge in [0.2, 0.25) is 0 Å². The highest BCUT2D eigenvalue weighted by Gasteiger charge is 2.20. The summed E-state index contributed by atoms with van der Waals surface area (Å²) < 4.78 is 5.82. The van der Waals surface area contributed by atoms with Crippen molar-refractivity contribution in [1.29, 1.82) is 0 Å². The Hall–Kier alpha value is -2.59. The second kappa shape index (κ2) is 6.03. The minimum atomic E-state index is -0.971. The molecule has 1 heterocycles. The van der Waals surface area contributed by atoms with Gasteiger partial charge < -0.3 is 14.9 Å². The highest BCUT2D eigenvalue weighted by molar-refractivity contribution is 5.92. The monoisotopic (exact) mass is 296 g/mol. The Bertz CT molecular complexity index is 747. The molecule has 4 nitrogen and oxygen atoms in total. The number of carbonyl (C=O) groups is 1. The molecular formula is C18H16O4. The van der Waals surface area contributed by atoms with Crippen molar-refractivity contribution in [2.45, 2.75) is 13.0 Å². The number of rotatable bonds is 3. The molecule has 0 amide bonds. The Morgan fingerprint density at radius 1 is 1.18 bits per heavy atom. The van der Waals surface area contributed by atoms with Gasteiger partial charge in [-0.3, -0.25) is 0 Å². The van der Waals surface area contributed by atoms with Gasteiger partial charge in [-0.1, -0.05) is 30.3 Å². The lowest BCUT2D eigenvalue weighted by molar-refractivity contribution is 0.0697. The number of aliphatic hydroxyl groups is 1. The Morgan fingerprint density at radius 3 is 2.77 bits per heavy atom. The first kappa shape index (κ1) is 14.4. The Labute approximate surface area is 128 Å². The van der Waals surface area contributed by atoms with Crippen molar-refractivity contribution in [3.05, 3.63) is 70.8 Å². The number of ether oxygens (including phenoxy) is 1. The summed E-state index contributed by atoms with van der Waals surface area (Å²) in [5, 5.41) is 18.4. The SMILES string of the molecule is O=C(O)c1ccc2c(c1)/C(=C\CCO)c1ccccc1CO2. The fraction of sp³-hybridized carbons (Fsp3) is 0.167. The number of hydrogen-bond acceptors (Lipinski definition) is 3. The predicted molar refractivity (Wildman–Crippen MR) is 83.0 cm³/mol. The molecule has 1 aliphatic rings. The lowest BCUT2D eigenvalue weighted by Crippen LogP contribution is -1.99. The summed E-state index contributed by atoms with van der Waals surface area (Å²) in [6.45, 7) is 0.479. The van der Waals surface area contributed by atoms with E-state index in [9.17, 15) is 9.90 Å². The largest absolute Gasteiger partial charge is 0.488 e. The molecule has 0 saturated carbocycles. The molecule has 22 heavy (non-hydrogen) atoms. The molecule has 112 valence electrons. The fourth-order valence-electron chi connectivity index (χ4n) is 2.64. The zero-order valence-corrected chi connectivity index (χ0v) is 12.0. The van der Waals surface area contributed by atoms with Crippen LogP contribution in [0.4, 0.5) is 0 Å². The summed E-state index contributed by atoms with van der Waals surface area (Å²) in [6, 6.07) is 12.7. The van der Waals surface area contributed by atoms with E-state index >= 15 is 0 Å². The maximum absolute atomic E-state index is 11.2. The summed E-state index contributed by atoms with van der Waals surface area (Å²) >= 11 is 0. The van der Waals surface area contributed by atoms with Crippen LogP contribution in [0, 0.1) is 0 Å². The van der Waals surface area contributed by atoms with E-state index in [0.717, 1.165) is 22.3 Å². The van der Waals surface area contributed by atoms with Crippen molar-refractivity contribution in [2.75, 3.05) is 6.61 Å². The smallest absolute Gasteiger partial charge is 0.335 e. The van der Waals surface area contributed by atoms with Gasteiger partial charge >= 0.3 is 5.97 Å². The van der Waals surface area contributed by atoms with Crippen LogP contribution < -0.4 is 4.74 Å². The second-order valence-corrected chi connectivity index (χ2v) is 5.09. The van der Waals surface area contributed by atoms with Crippen LogP contribution in [0.3, 0.4) is 0 Å². The van der Waals surface area contributed by atoms with E-state index < -0.39 is 5.97 Å². The summed E-state index contributed by atoms with van der Waals surface area (Å²) in [5.41, 5.74) is 3.92. The van der Waals surface area contributed by atoms with Crippen LogP contribution in [-0.4, -0.2) is 22.8 Å². The lowest BCUT2D eigenvalue weighted by atomic mass is 9.92. The van der Waals surface area contributed by atoms with Gasteiger partial charge in [0, 0.05) is 12.2 Å². The van der Waals surface area contributed by atoms with E-state index in [-0.39, 0.29) is 12.2 Å². The first-order valence-corrected chi connectivity index (χ1v) is 7.10. The number of fused-ring (bicyclic) bond motifs is 2. The molecule has 4 heteroatoms. The van der Waals surface area contributed by atoms with Crippen LogP contribution >= 0.6 is 0 Å². The predicted octanol–water partition coefficient (Wildman–Crippen LogP) is 3.09. The average molecular weight is 296 g/mol. The maximum Gasteiger partial charge on any atom is 0.335 e. The van der Waals surface area contributed by atoms with Gasteiger partial charge in [-0.05, 0) is 41.3 Å². The average Bonchev–Trinajstić information content (AvgIpc) is 2.69. The Kier molecular flexibility index (Phi) is 3.94. The number of aromatic carboxylic acids is 1. The summed E-state index contributed by atoms with van der Waals surface area (Å²) in [7, 11) is 0. The van der Waals surface area contributed by atoms with Crippen LogP contribution in [0.5, 0.6) is 5.75 Å². The van der Waals surface area contributed by atoms with Crippen molar-refractivity contribution < 1.29 is 19.7 Å². The zero-order valence-electron chi connectivity index (χ0n) is 12.0. The topological polar surface area (TPSA) is 66.8 Å². The molecule has 0 radical (unpaired) electrons. The molecule has 0 atom stereocenters. The molecule has 0 spiro atoms. The number of aliphatic hydroxyl groups excluding tert-OH is 1. The van der Waals surface area contributed by atoms with Crippen LogP contribution in [0.1, 0.15) is 33.5 Å². The van der Waals surface area contributed by atoms with E-state index in [1.807, 2.05) is 30.3 Å². The number of benzene rings is 2. The fourth-order valence-corrected chi connectivity index (χ4v) is 2.64. The van der Waals surface area contributed by atoms with Crippen molar-refractivity contribution in [1.82, 2.24) is 0 Å². The van der Waals surface area contributed by atoms with E-state index in [1.54, 1.807) is 18.2 Å². The zero-order chi connectivity index (χ0) is 15.5. The van der Waals surface area contributed by atoms with Crippen molar-refractivity contribution in [3.8, 4) is 5.75 Å². The van der Waals surface area contributed by atoms with Crippen molar-refractivity contribution in [3.63, 3.8) is 0 Å². The summed E-state index contributed by atoms with van der Waals surface area (Å²) in [4.78, 5) is 11.2. The summed E-state index contributed by atoms with van der Waals surface area (Å²) in [5.74, 6) is -0.313. The number of carboxylic acids is 1. The van der Waals surface area contributed by atoms with Gasteiger partial charge in [0.1, 0.15) is 12.4 Å². The molecule has 0 aromatic heterocycles. The van der Waals surface area contributed by atoms with Crippen LogP contribution in [0.25, 0.3) is 5.57 Å². The van der Waals surface area contributed by atoms with Gasteiger partial charge in [0.05, 0.1) is 5.56 Å². The Balaban J connectivity index is 2.21. The highest BCUT2D eigenvalue weighted by Crippen LogP contribution is 2.37. The Morgan fingerprint density at radius 2 is 2.00 bits per heavy atom. The molecule has 0 unspecified atom stereocenters. The molecule has 2 aromatic carbocycles. The molecular weight excluding hydrogens is 280 g/mol. The molecule has 3 rings (SSSR count). The van der Waals surface area contributed by atoms with E-state index in [2.05, 4.69) is 0 Å². The molecule has 2 aromatic rings. The molecule has 2 N–H and O–H groups in total. The number of carboxylic acid groups (broad SMARTS) is 1. The van der Waals surface area contributed by atoms with E-state index in [1.165, 1.54) is 0 Å². The molecule has 0 aliphatic carbocycles. The van der Waals surface area contributed by atoms with Gasteiger partial charge in [-0.15, -0.1) is 0 Å². The van der Waals surface area contributed by atoms with Gasteiger partial charge in [0.25, 0.3) is 0 Å². The third kappa shape index (κ3) is 2.61. The van der Waals surface area contributed by atoms with Gasteiger partial charge in [-0.2, -0.15) is 0 Å². The maximum atomic E-state index is 11.2. The quantitative estimate of drug-likeness (QED) is 0.913. The minimum absolute atomic E-state index is 0.0421. The molecule has 1 aliphatic heterocycles. The first-order chi connectivity index (χ1) is 10.7. The van der Waals surface area contributed by atoms with Crippen molar-refractivity contribution >= 4 is 11.5 Å². The third-order valence-corrected chi connectivity index (χ3v) is 3.68. The highest BCUT2D eigenvalue weighted by atomic mass is 16.5. The van der Waals surface area contributed by atoms with Crippen LogP contribution in [-0.2, 0) is 6.61 Å².